The van der Waals surface area contributed by atoms with E-state index in [2.05, 4.69) is 15.7 Å². The third-order valence-corrected chi connectivity index (χ3v) is 4.67. The number of carbonyl (C=O) groups excluding carboxylic acids is 2. The zero-order valence-corrected chi connectivity index (χ0v) is 17.3. The minimum atomic E-state index is -0.348. The van der Waals surface area contributed by atoms with E-state index in [9.17, 15) is 9.59 Å². The summed E-state index contributed by atoms with van der Waals surface area (Å²) >= 11 is 0. The van der Waals surface area contributed by atoms with Gasteiger partial charge in [0.15, 0.2) is 5.76 Å². The van der Waals surface area contributed by atoms with Crippen molar-refractivity contribution in [1.82, 2.24) is 15.1 Å². The Bertz CT molecular complexity index is 1220. The van der Waals surface area contributed by atoms with Crippen molar-refractivity contribution in [2.24, 2.45) is 0 Å². The smallest absolute Gasteiger partial charge is 0.259 e. The molecule has 7 nitrogen and oxygen atoms in total. The maximum atomic E-state index is 13.2. The topological polar surface area (TPSA) is 89.2 Å². The van der Waals surface area contributed by atoms with E-state index >= 15 is 0 Å². The number of amides is 2. The lowest BCUT2D eigenvalue weighted by Gasteiger charge is -2.07. The fourth-order valence-corrected chi connectivity index (χ4v) is 3.20. The second-order valence-corrected chi connectivity index (χ2v) is 6.98. The van der Waals surface area contributed by atoms with Gasteiger partial charge in [-0.1, -0.05) is 24.3 Å². The molecule has 4 rings (SSSR count). The number of nitrogens with one attached hydrogen (secondary N) is 2. The highest BCUT2D eigenvalue weighted by atomic mass is 16.3. The first-order valence-corrected chi connectivity index (χ1v) is 9.96. The van der Waals surface area contributed by atoms with E-state index in [1.165, 1.54) is 0 Å². The fraction of sp³-hybridized carbons (Fsp3) is 0.125. The van der Waals surface area contributed by atoms with Gasteiger partial charge in [0.2, 0.25) is 0 Å². The molecule has 2 heterocycles. The molecular weight excluding hydrogens is 392 g/mol. The predicted molar refractivity (Wildman–Crippen MR) is 118 cm³/mol. The Kier molecular flexibility index (Phi) is 5.66. The zero-order chi connectivity index (χ0) is 21.8. The van der Waals surface area contributed by atoms with Crippen LogP contribution in [-0.4, -0.2) is 28.1 Å². The minimum Gasteiger partial charge on any atom is -0.460 e. The van der Waals surface area contributed by atoms with Gasteiger partial charge >= 0.3 is 0 Å². The number of hydrogen-bond acceptors (Lipinski definition) is 4. The first-order chi connectivity index (χ1) is 15.0. The monoisotopic (exact) mass is 414 g/mol. The average molecular weight is 414 g/mol. The van der Waals surface area contributed by atoms with E-state index in [1.54, 1.807) is 41.2 Å². The molecule has 0 aliphatic carbocycles. The Morgan fingerprint density at radius 2 is 1.81 bits per heavy atom. The molecule has 0 spiro atoms. The quantitative estimate of drug-likeness (QED) is 0.488. The van der Waals surface area contributed by atoms with Crippen molar-refractivity contribution in [3.63, 3.8) is 0 Å². The van der Waals surface area contributed by atoms with Gasteiger partial charge in [-0.05, 0) is 56.3 Å². The lowest BCUT2D eigenvalue weighted by molar-refractivity contribution is 0.0954. The second-order valence-electron chi connectivity index (χ2n) is 6.98. The van der Waals surface area contributed by atoms with Crippen LogP contribution >= 0.6 is 0 Å². The normalized spacial score (nSPS) is 10.6. The van der Waals surface area contributed by atoms with Crippen molar-refractivity contribution in [2.75, 3.05) is 11.9 Å². The number of aryl methyl sites for hydroxylation is 1. The molecule has 2 aromatic heterocycles. The maximum absolute atomic E-state index is 13.2. The molecule has 0 unspecified atom stereocenters. The number of rotatable bonds is 6. The molecule has 4 aromatic rings. The Labute approximate surface area is 179 Å². The lowest BCUT2D eigenvalue weighted by Crippen LogP contribution is -2.22. The molecule has 7 heteroatoms. The molecule has 0 saturated carbocycles. The maximum Gasteiger partial charge on any atom is 0.259 e. The molecule has 2 amide bonds. The van der Waals surface area contributed by atoms with Gasteiger partial charge in [0.1, 0.15) is 11.5 Å². The Hall–Kier alpha value is -4.13. The van der Waals surface area contributed by atoms with Crippen LogP contribution in [0.5, 0.6) is 0 Å². The van der Waals surface area contributed by atoms with Crippen molar-refractivity contribution >= 4 is 17.5 Å². The van der Waals surface area contributed by atoms with E-state index in [1.807, 2.05) is 50.2 Å². The van der Waals surface area contributed by atoms with Crippen LogP contribution < -0.4 is 10.6 Å². The van der Waals surface area contributed by atoms with Crippen LogP contribution in [-0.2, 0) is 0 Å². The number of para-hydroxylation sites is 1. The molecule has 0 aliphatic heterocycles. The van der Waals surface area contributed by atoms with Crippen molar-refractivity contribution in [3.05, 3.63) is 89.8 Å². The largest absolute Gasteiger partial charge is 0.460 e. The highest BCUT2D eigenvalue weighted by molar-refractivity contribution is 6.08. The minimum absolute atomic E-state index is 0.192. The summed E-state index contributed by atoms with van der Waals surface area (Å²) in [5.41, 5.74) is 2.62. The second kappa shape index (κ2) is 8.71. The third kappa shape index (κ3) is 4.40. The Balaban J connectivity index is 1.68. The lowest BCUT2D eigenvalue weighted by atomic mass is 10.1. The Morgan fingerprint density at radius 1 is 1.00 bits per heavy atom. The first-order valence-electron chi connectivity index (χ1n) is 9.96. The van der Waals surface area contributed by atoms with Crippen LogP contribution in [0.1, 0.15) is 33.4 Å². The molecular formula is C24H22N4O3. The number of aromatic nitrogens is 2. The third-order valence-electron chi connectivity index (χ3n) is 4.67. The van der Waals surface area contributed by atoms with Crippen molar-refractivity contribution in [1.29, 1.82) is 0 Å². The van der Waals surface area contributed by atoms with E-state index in [4.69, 9.17) is 4.42 Å². The van der Waals surface area contributed by atoms with Crippen LogP contribution in [0.25, 0.3) is 17.1 Å². The van der Waals surface area contributed by atoms with Crippen molar-refractivity contribution in [2.45, 2.75) is 13.8 Å². The van der Waals surface area contributed by atoms with E-state index < -0.39 is 0 Å². The molecule has 0 radical (unpaired) electrons. The molecule has 0 bridgehead atoms. The van der Waals surface area contributed by atoms with E-state index in [0.717, 1.165) is 11.4 Å². The van der Waals surface area contributed by atoms with Crippen LogP contribution in [0.4, 0.5) is 5.69 Å². The van der Waals surface area contributed by atoms with Gasteiger partial charge < -0.3 is 15.1 Å². The highest BCUT2D eigenvalue weighted by Gasteiger charge is 2.21. The van der Waals surface area contributed by atoms with Crippen molar-refractivity contribution in [3.8, 4) is 17.1 Å². The SMILES string of the molecule is CCNC(=O)c1cccc(NC(=O)c2cn(-c3ccccc3)nc2-c2ccc(C)o2)c1. The predicted octanol–water partition coefficient (Wildman–Crippen LogP) is 4.44. The number of furan rings is 1. The summed E-state index contributed by atoms with van der Waals surface area (Å²) in [5, 5.41) is 10.2. The molecule has 0 saturated heterocycles. The molecule has 0 fully saturated rings. The molecule has 31 heavy (non-hydrogen) atoms. The summed E-state index contributed by atoms with van der Waals surface area (Å²) in [7, 11) is 0. The summed E-state index contributed by atoms with van der Waals surface area (Å²) < 4.78 is 7.37. The van der Waals surface area contributed by atoms with E-state index in [-0.39, 0.29) is 11.8 Å². The summed E-state index contributed by atoms with van der Waals surface area (Å²) in [4.78, 5) is 25.3. The van der Waals surface area contributed by atoms with Gasteiger partial charge in [0.05, 0.1) is 11.3 Å². The summed E-state index contributed by atoms with van der Waals surface area (Å²) in [5.74, 6) is 0.695. The van der Waals surface area contributed by atoms with Crippen LogP contribution in [0.15, 0.2) is 77.3 Å². The van der Waals surface area contributed by atoms with Gasteiger partial charge in [-0.15, -0.1) is 0 Å². The first kappa shape index (κ1) is 20.2. The standard InChI is InChI=1S/C24H22N4O3/c1-3-25-23(29)17-8-7-9-18(14-17)26-24(30)20-15-28(19-10-5-4-6-11-19)27-22(20)21-13-12-16(2)31-21/h4-15H,3H2,1-2H3,(H,25,29)(H,26,30). The van der Waals surface area contributed by atoms with Crippen LogP contribution in [0.3, 0.4) is 0 Å². The fourth-order valence-electron chi connectivity index (χ4n) is 3.20. The van der Waals surface area contributed by atoms with Crippen LogP contribution in [0, 0.1) is 6.92 Å². The summed E-state index contributed by atoms with van der Waals surface area (Å²) in [6.07, 6.45) is 1.67. The van der Waals surface area contributed by atoms with E-state index in [0.29, 0.717) is 34.8 Å². The average Bonchev–Trinajstić information content (AvgIpc) is 3.41. The van der Waals surface area contributed by atoms with Gasteiger partial charge in [-0.25, -0.2) is 4.68 Å². The highest BCUT2D eigenvalue weighted by Crippen LogP contribution is 2.26. The van der Waals surface area contributed by atoms with Crippen molar-refractivity contribution < 1.29 is 14.0 Å². The number of nitrogens with zero attached hydrogens (tertiary/aromatic N) is 2. The summed E-state index contributed by atoms with van der Waals surface area (Å²) in [6, 6.07) is 20.0. The summed E-state index contributed by atoms with van der Waals surface area (Å²) in [6.45, 7) is 4.22. The molecule has 0 atom stereocenters. The molecule has 156 valence electrons. The van der Waals surface area contributed by atoms with Gasteiger partial charge in [-0.2, -0.15) is 5.10 Å². The Morgan fingerprint density at radius 3 is 2.52 bits per heavy atom. The van der Waals surface area contributed by atoms with Crippen LogP contribution in [0.2, 0.25) is 0 Å². The zero-order valence-electron chi connectivity index (χ0n) is 17.3. The number of benzene rings is 2. The van der Waals surface area contributed by atoms with Gasteiger partial charge in [0, 0.05) is 24.0 Å². The number of hydrogen-bond donors (Lipinski definition) is 2. The number of anilines is 1. The molecule has 2 N–H and O–H groups in total. The molecule has 0 aliphatic rings. The molecule has 2 aromatic carbocycles. The van der Waals surface area contributed by atoms with Gasteiger partial charge in [-0.3, -0.25) is 9.59 Å². The number of carbonyl (C=O) groups is 2. The van der Waals surface area contributed by atoms with Gasteiger partial charge in [0.25, 0.3) is 11.8 Å².